The molecule has 2 aromatic heterocycles. The van der Waals surface area contributed by atoms with Gasteiger partial charge in [-0.3, -0.25) is 14.8 Å². The molecule has 90 valence electrons. The molecule has 0 saturated carbocycles. The second-order valence-corrected chi connectivity index (χ2v) is 4.09. The normalized spacial score (nSPS) is 10.9. The Hall–Kier alpha value is -2.34. The molecule has 0 spiro atoms. The number of halogens is 1. The lowest BCUT2D eigenvalue weighted by atomic mass is 10.3. The summed E-state index contributed by atoms with van der Waals surface area (Å²) in [5, 5.41) is 4.85. The Morgan fingerprint density at radius 3 is 2.72 bits per heavy atom. The van der Waals surface area contributed by atoms with Crippen molar-refractivity contribution in [3.8, 4) is 5.69 Å². The molecule has 7 heteroatoms. The molecule has 3 aromatic rings. The van der Waals surface area contributed by atoms with Gasteiger partial charge >= 0.3 is 5.69 Å². The molecule has 0 aliphatic heterocycles. The largest absolute Gasteiger partial charge is 0.327 e. The Morgan fingerprint density at radius 1 is 1.17 bits per heavy atom. The molecule has 3 rings (SSSR count). The van der Waals surface area contributed by atoms with Gasteiger partial charge in [0.2, 0.25) is 0 Å². The minimum atomic E-state index is -0.582. The summed E-state index contributed by atoms with van der Waals surface area (Å²) in [5.74, 6) is 0. The lowest BCUT2D eigenvalue weighted by molar-refractivity contribution is 0.889. The summed E-state index contributed by atoms with van der Waals surface area (Å²) in [6.45, 7) is 0. The first-order chi connectivity index (χ1) is 8.66. The van der Waals surface area contributed by atoms with E-state index < -0.39 is 11.2 Å². The minimum absolute atomic E-state index is 0.300. The summed E-state index contributed by atoms with van der Waals surface area (Å²) in [7, 11) is 0. The second kappa shape index (κ2) is 3.85. The summed E-state index contributed by atoms with van der Waals surface area (Å²) in [6, 6.07) is 7.02. The van der Waals surface area contributed by atoms with Crippen molar-refractivity contribution in [3.05, 3.63) is 56.3 Å². The lowest BCUT2D eigenvalue weighted by Crippen LogP contribution is -2.22. The lowest BCUT2D eigenvalue weighted by Gasteiger charge is -2.04. The molecule has 0 radical (unpaired) electrons. The van der Waals surface area contributed by atoms with Gasteiger partial charge < -0.3 is 0 Å². The van der Waals surface area contributed by atoms with E-state index >= 15 is 0 Å². The highest BCUT2D eigenvalue weighted by Crippen LogP contribution is 2.21. The quantitative estimate of drug-likeness (QED) is 0.688. The maximum Gasteiger partial charge on any atom is 0.327 e. The highest BCUT2D eigenvalue weighted by molar-refractivity contribution is 6.32. The molecule has 0 atom stereocenters. The fourth-order valence-corrected chi connectivity index (χ4v) is 1.97. The summed E-state index contributed by atoms with van der Waals surface area (Å²) in [5.41, 5.74) is -0.152. The third-order valence-corrected chi connectivity index (χ3v) is 2.87. The maximum absolute atomic E-state index is 11.6. The fourth-order valence-electron chi connectivity index (χ4n) is 1.75. The van der Waals surface area contributed by atoms with Crippen LogP contribution in [0.15, 0.2) is 40.1 Å². The molecule has 18 heavy (non-hydrogen) atoms. The van der Waals surface area contributed by atoms with Crippen molar-refractivity contribution in [1.82, 2.24) is 19.7 Å². The van der Waals surface area contributed by atoms with Gasteiger partial charge in [0.25, 0.3) is 5.56 Å². The molecule has 0 fully saturated rings. The Balaban J connectivity index is 2.42. The Kier molecular flexibility index (Phi) is 2.31. The maximum atomic E-state index is 11.6. The zero-order chi connectivity index (χ0) is 12.7. The number of benzene rings is 1. The van der Waals surface area contributed by atoms with Crippen LogP contribution in [0, 0.1) is 0 Å². The van der Waals surface area contributed by atoms with E-state index in [1.807, 2.05) is 0 Å². The summed E-state index contributed by atoms with van der Waals surface area (Å²) < 4.78 is 1.42. The van der Waals surface area contributed by atoms with Gasteiger partial charge in [-0.25, -0.2) is 9.48 Å². The van der Waals surface area contributed by atoms with E-state index in [1.165, 1.54) is 10.9 Å². The van der Waals surface area contributed by atoms with Crippen LogP contribution in [0.2, 0.25) is 5.02 Å². The number of fused-ring (bicyclic) bond motifs is 1. The number of H-pyrrole nitrogens is 2. The number of para-hydroxylation sites is 1. The number of aromatic nitrogens is 4. The summed E-state index contributed by atoms with van der Waals surface area (Å²) in [4.78, 5) is 27.5. The number of rotatable bonds is 1. The monoisotopic (exact) mass is 262 g/mol. The van der Waals surface area contributed by atoms with Crippen molar-refractivity contribution < 1.29 is 0 Å². The Morgan fingerprint density at radius 2 is 1.94 bits per heavy atom. The van der Waals surface area contributed by atoms with Crippen molar-refractivity contribution in [2.45, 2.75) is 0 Å². The molecule has 0 saturated heterocycles. The van der Waals surface area contributed by atoms with Crippen LogP contribution in [-0.2, 0) is 0 Å². The van der Waals surface area contributed by atoms with Crippen LogP contribution in [0.3, 0.4) is 0 Å². The molecule has 0 bridgehead atoms. The third kappa shape index (κ3) is 1.54. The van der Waals surface area contributed by atoms with Gasteiger partial charge in [0.1, 0.15) is 5.39 Å². The standard InChI is InChI=1S/C11H7ClN4O2/c12-7-3-1-2-4-8(7)16-9-6(5-13-16)10(17)15-11(18)14-9/h1-5H,(H2,14,15,17,18). The van der Waals surface area contributed by atoms with E-state index in [0.29, 0.717) is 21.7 Å². The van der Waals surface area contributed by atoms with Crippen LogP contribution in [0.5, 0.6) is 0 Å². The van der Waals surface area contributed by atoms with Crippen LogP contribution in [0.1, 0.15) is 0 Å². The molecule has 6 nitrogen and oxygen atoms in total. The Labute approximate surface area is 105 Å². The van der Waals surface area contributed by atoms with Crippen LogP contribution in [0.25, 0.3) is 16.7 Å². The van der Waals surface area contributed by atoms with Crippen molar-refractivity contribution >= 4 is 22.6 Å². The van der Waals surface area contributed by atoms with Crippen molar-refractivity contribution in [2.75, 3.05) is 0 Å². The SMILES string of the molecule is O=c1[nH]c(=O)c2cnn(-c3ccccc3Cl)c2[nH]1. The molecular formula is C11H7ClN4O2. The predicted molar refractivity (Wildman–Crippen MR) is 67.3 cm³/mol. The molecule has 2 N–H and O–H groups in total. The first kappa shape index (κ1) is 10.8. The number of nitrogens with one attached hydrogen (secondary N) is 2. The van der Waals surface area contributed by atoms with Gasteiger partial charge in [-0.15, -0.1) is 0 Å². The molecule has 0 amide bonds. The van der Waals surface area contributed by atoms with E-state index in [0.717, 1.165) is 0 Å². The minimum Gasteiger partial charge on any atom is -0.291 e. The number of hydrogen-bond acceptors (Lipinski definition) is 3. The predicted octanol–water partition coefficient (Wildman–Crippen LogP) is 1.06. The highest BCUT2D eigenvalue weighted by Gasteiger charge is 2.11. The molecular weight excluding hydrogens is 256 g/mol. The van der Waals surface area contributed by atoms with E-state index in [9.17, 15) is 9.59 Å². The topological polar surface area (TPSA) is 83.5 Å². The van der Waals surface area contributed by atoms with Crippen LogP contribution < -0.4 is 11.2 Å². The molecule has 2 heterocycles. The molecule has 0 unspecified atom stereocenters. The van der Waals surface area contributed by atoms with E-state index in [-0.39, 0.29) is 0 Å². The van der Waals surface area contributed by atoms with Gasteiger partial charge in [-0.05, 0) is 12.1 Å². The van der Waals surface area contributed by atoms with Gasteiger partial charge in [0.05, 0.1) is 16.9 Å². The average Bonchev–Trinajstić information content (AvgIpc) is 2.73. The zero-order valence-corrected chi connectivity index (χ0v) is 9.73. The summed E-state index contributed by atoms with van der Waals surface area (Å²) >= 11 is 6.06. The van der Waals surface area contributed by atoms with Crippen molar-refractivity contribution in [2.24, 2.45) is 0 Å². The molecule has 0 aliphatic rings. The Bertz CT molecular complexity index is 846. The van der Waals surface area contributed by atoms with Gasteiger partial charge in [-0.2, -0.15) is 5.10 Å². The van der Waals surface area contributed by atoms with Crippen LogP contribution in [0.4, 0.5) is 0 Å². The average molecular weight is 263 g/mol. The van der Waals surface area contributed by atoms with Gasteiger partial charge in [0, 0.05) is 0 Å². The van der Waals surface area contributed by atoms with Gasteiger partial charge in [0.15, 0.2) is 5.65 Å². The zero-order valence-electron chi connectivity index (χ0n) is 8.98. The fraction of sp³-hybridized carbons (Fsp3) is 0. The highest BCUT2D eigenvalue weighted by atomic mass is 35.5. The number of nitrogens with zero attached hydrogens (tertiary/aromatic N) is 2. The number of aromatic amines is 2. The third-order valence-electron chi connectivity index (χ3n) is 2.55. The van der Waals surface area contributed by atoms with E-state index in [1.54, 1.807) is 24.3 Å². The first-order valence-corrected chi connectivity index (χ1v) is 5.50. The molecule has 0 aliphatic carbocycles. The summed E-state index contributed by atoms with van der Waals surface area (Å²) in [6.07, 6.45) is 1.38. The van der Waals surface area contributed by atoms with Crippen molar-refractivity contribution in [1.29, 1.82) is 0 Å². The van der Waals surface area contributed by atoms with Crippen LogP contribution >= 0.6 is 11.6 Å². The van der Waals surface area contributed by atoms with E-state index in [4.69, 9.17) is 11.6 Å². The second-order valence-electron chi connectivity index (χ2n) is 3.68. The first-order valence-electron chi connectivity index (χ1n) is 5.12. The van der Waals surface area contributed by atoms with E-state index in [2.05, 4.69) is 15.1 Å². The number of hydrogen-bond donors (Lipinski definition) is 2. The smallest absolute Gasteiger partial charge is 0.291 e. The molecule has 1 aromatic carbocycles. The van der Waals surface area contributed by atoms with Crippen molar-refractivity contribution in [3.63, 3.8) is 0 Å². The van der Waals surface area contributed by atoms with Gasteiger partial charge in [-0.1, -0.05) is 23.7 Å². The van der Waals surface area contributed by atoms with Crippen LogP contribution in [-0.4, -0.2) is 19.7 Å².